The van der Waals surface area contributed by atoms with E-state index in [1.807, 2.05) is 30.0 Å². The first-order valence-electron chi connectivity index (χ1n) is 15.4. The molecule has 0 saturated carbocycles. The number of alkyl halides is 4. The fraction of sp³-hybridized carbons (Fsp3) is 0.485. The molecule has 0 atom stereocenters. The van der Waals surface area contributed by atoms with Crippen molar-refractivity contribution in [3.05, 3.63) is 46.6 Å². The van der Waals surface area contributed by atoms with Crippen LogP contribution in [0.1, 0.15) is 23.3 Å². The van der Waals surface area contributed by atoms with Crippen LogP contribution < -0.4 is 20.3 Å². The minimum Gasteiger partial charge on any atom is -0.461 e. The Morgan fingerprint density at radius 2 is 1.87 bits per heavy atom. The molecule has 0 bridgehead atoms. The number of fused-ring (bicyclic) bond motifs is 1. The van der Waals surface area contributed by atoms with Crippen LogP contribution in [0.25, 0.3) is 10.1 Å². The number of benzene rings is 2. The molecule has 1 amide bonds. The zero-order chi connectivity index (χ0) is 33.6. The molecule has 3 heterocycles. The molecule has 2 aromatic carbocycles. The van der Waals surface area contributed by atoms with Crippen LogP contribution in [0.2, 0.25) is 0 Å². The van der Waals surface area contributed by atoms with Crippen LogP contribution >= 0.6 is 11.3 Å². The fourth-order valence-electron chi connectivity index (χ4n) is 5.79. The number of carbonyl (C=O) groups excluding carboxylic acids is 1. The molecule has 47 heavy (non-hydrogen) atoms. The monoisotopic (exact) mass is 679 g/mol. The number of ether oxygens (including phenoxy) is 2. The molecule has 3 aromatic rings. The number of likely N-dealkylation sites (N-methyl/N-ethyl adjacent to an activating group) is 1. The van der Waals surface area contributed by atoms with E-state index in [1.54, 1.807) is 17.0 Å². The first-order chi connectivity index (χ1) is 22.5. The van der Waals surface area contributed by atoms with Gasteiger partial charge >= 0.3 is 6.18 Å². The first kappa shape index (κ1) is 34.5. The molecule has 0 radical (unpaired) electrons. The number of nitrogens with zero attached hydrogens (tertiary/aromatic N) is 3. The number of carbonyl (C=O) groups is 1. The molecule has 2 fully saturated rings. The Hall–Kier alpha value is -3.80. The van der Waals surface area contributed by atoms with Gasteiger partial charge in [-0.15, -0.1) is 11.3 Å². The lowest BCUT2D eigenvalue weighted by Gasteiger charge is -2.33. The van der Waals surface area contributed by atoms with E-state index in [0.29, 0.717) is 56.0 Å². The van der Waals surface area contributed by atoms with Gasteiger partial charge in [-0.1, -0.05) is 24.0 Å². The first-order valence-corrected chi connectivity index (χ1v) is 16.2. The Kier molecular flexibility index (Phi) is 11.3. The van der Waals surface area contributed by atoms with Gasteiger partial charge < -0.3 is 34.8 Å². The number of morpholine rings is 1. The van der Waals surface area contributed by atoms with E-state index in [0.717, 1.165) is 18.5 Å². The Labute approximate surface area is 274 Å². The smallest absolute Gasteiger partial charge is 0.393 e. The number of thiophene rings is 1. The number of anilines is 3. The predicted molar refractivity (Wildman–Crippen MR) is 175 cm³/mol. The number of hydrogen-bond donors (Lipinski definition) is 2. The van der Waals surface area contributed by atoms with Crippen LogP contribution in [0, 0.1) is 17.7 Å². The van der Waals surface area contributed by atoms with Gasteiger partial charge in [0.25, 0.3) is 0 Å². The molecule has 5 rings (SSSR count). The van der Waals surface area contributed by atoms with E-state index in [-0.39, 0.29) is 46.1 Å². The minimum absolute atomic E-state index is 0.0467. The molecule has 254 valence electrons. The molecule has 2 saturated heterocycles. The summed E-state index contributed by atoms with van der Waals surface area (Å²) < 4.78 is 80.5. The number of amides is 1. The Morgan fingerprint density at radius 1 is 1.13 bits per heavy atom. The number of piperidine rings is 1. The van der Waals surface area contributed by atoms with Crippen LogP contribution in [-0.4, -0.2) is 101 Å². The molecule has 1 aromatic heterocycles. The van der Waals surface area contributed by atoms with Crippen molar-refractivity contribution in [3.8, 4) is 17.6 Å². The SMILES string of the molecule is CN(C)CC(=O)N1CCC(Nc2cccc3c(CC(F)(F)F)c(C#CCNc4cc(F)c(N5CCOCC5)cc4OCF)sc23)CC1. The summed E-state index contributed by atoms with van der Waals surface area (Å²) in [7, 11) is 3.70. The second kappa shape index (κ2) is 15.4. The molecule has 2 N–H and O–H groups in total. The van der Waals surface area contributed by atoms with Crippen molar-refractivity contribution in [2.75, 3.05) is 89.0 Å². The quantitative estimate of drug-likeness (QED) is 0.210. The summed E-state index contributed by atoms with van der Waals surface area (Å²) in [5, 5.41) is 6.90. The summed E-state index contributed by atoms with van der Waals surface area (Å²) in [5.74, 6) is 5.38. The highest BCUT2D eigenvalue weighted by molar-refractivity contribution is 7.20. The molecule has 2 aliphatic rings. The molecule has 0 unspecified atom stereocenters. The Morgan fingerprint density at radius 3 is 2.55 bits per heavy atom. The fourth-order valence-corrected chi connectivity index (χ4v) is 6.97. The summed E-state index contributed by atoms with van der Waals surface area (Å²) in [4.78, 5) is 18.2. The van der Waals surface area contributed by atoms with Crippen LogP contribution in [-0.2, 0) is 16.0 Å². The summed E-state index contributed by atoms with van der Waals surface area (Å²) in [6, 6.07) is 7.93. The van der Waals surface area contributed by atoms with Gasteiger partial charge in [0.15, 0.2) is 0 Å². The van der Waals surface area contributed by atoms with Gasteiger partial charge in [-0.2, -0.15) is 13.2 Å². The summed E-state index contributed by atoms with van der Waals surface area (Å²) in [5.41, 5.74) is 1.27. The van der Waals surface area contributed by atoms with Crippen molar-refractivity contribution < 1.29 is 36.2 Å². The van der Waals surface area contributed by atoms with Crippen molar-refractivity contribution in [3.63, 3.8) is 0 Å². The van der Waals surface area contributed by atoms with E-state index in [2.05, 4.69) is 22.5 Å². The van der Waals surface area contributed by atoms with Gasteiger partial charge in [0.2, 0.25) is 12.8 Å². The van der Waals surface area contributed by atoms with E-state index in [1.165, 1.54) is 23.5 Å². The lowest BCUT2D eigenvalue weighted by Crippen LogP contribution is -2.45. The minimum atomic E-state index is -4.45. The summed E-state index contributed by atoms with van der Waals surface area (Å²) >= 11 is 1.19. The number of rotatable bonds is 10. The van der Waals surface area contributed by atoms with Gasteiger partial charge in [-0.25, -0.2) is 8.78 Å². The lowest BCUT2D eigenvalue weighted by molar-refractivity contribution is -0.132. The standard InChI is InChI=1S/C33H38F5N5O3S/c1-41(2)20-31(44)43-11-8-22(9-12-43)40-26-6-3-5-23-24(19-33(36,37)38)30(47-32(23)26)7-4-10-39-27-17-25(35)28(18-29(27)46-21-34)42-13-15-45-16-14-42/h3,5-6,17-18,22,39-40H,8-16,19-21H2,1-2H3. The lowest BCUT2D eigenvalue weighted by atomic mass is 10.0. The molecule has 8 nitrogen and oxygen atoms in total. The highest BCUT2D eigenvalue weighted by atomic mass is 32.1. The predicted octanol–water partition coefficient (Wildman–Crippen LogP) is 5.72. The maximum atomic E-state index is 15.0. The molecular weight excluding hydrogens is 641 g/mol. The van der Waals surface area contributed by atoms with Crippen LogP contribution in [0.3, 0.4) is 0 Å². The van der Waals surface area contributed by atoms with Crippen molar-refractivity contribution in [2.45, 2.75) is 31.5 Å². The second-order valence-corrected chi connectivity index (χ2v) is 12.7. The van der Waals surface area contributed by atoms with Crippen molar-refractivity contribution in [1.82, 2.24) is 9.80 Å². The van der Waals surface area contributed by atoms with Crippen LogP contribution in [0.5, 0.6) is 5.75 Å². The highest BCUT2D eigenvalue weighted by Crippen LogP contribution is 2.40. The molecule has 14 heteroatoms. The molecule has 2 aliphatic heterocycles. The second-order valence-electron chi connectivity index (χ2n) is 11.7. The maximum absolute atomic E-state index is 15.0. The van der Waals surface area contributed by atoms with E-state index in [4.69, 9.17) is 9.47 Å². The van der Waals surface area contributed by atoms with Gasteiger partial charge in [0, 0.05) is 44.4 Å². The number of hydrogen-bond acceptors (Lipinski definition) is 8. The van der Waals surface area contributed by atoms with Crippen molar-refractivity contribution >= 4 is 44.4 Å². The average Bonchev–Trinajstić information content (AvgIpc) is 3.37. The van der Waals surface area contributed by atoms with Crippen molar-refractivity contribution in [1.29, 1.82) is 0 Å². The number of likely N-dealkylation sites (tertiary alicyclic amines) is 1. The Balaban J connectivity index is 1.33. The third-order valence-electron chi connectivity index (χ3n) is 8.03. The van der Waals surface area contributed by atoms with Gasteiger partial charge in [-0.3, -0.25) is 4.79 Å². The van der Waals surface area contributed by atoms with Gasteiger partial charge in [0.05, 0.1) is 59.4 Å². The normalized spacial score (nSPS) is 15.9. The topological polar surface area (TPSA) is 69.3 Å². The zero-order valence-corrected chi connectivity index (χ0v) is 27.1. The van der Waals surface area contributed by atoms with Crippen molar-refractivity contribution in [2.24, 2.45) is 0 Å². The van der Waals surface area contributed by atoms with Crippen LogP contribution in [0.15, 0.2) is 30.3 Å². The Bertz CT molecular complexity index is 1610. The van der Waals surface area contributed by atoms with Crippen LogP contribution in [0.4, 0.5) is 39.0 Å². The number of halogens is 5. The van der Waals surface area contributed by atoms with E-state index >= 15 is 4.39 Å². The molecular formula is C33H38F5N5O3S. The maximum Gasteiger partial charge on any atom is 0.393 e. The largest absolute Gasteiger partial charge is 0.461 e. The third-order valence-corrected chi connectivity index (χ3v) is 9.23. The van der Waals surface area contributed by atoms with Gasteiger partial charge in [0.1, 0.15) is 11.6 Å². The van der Waals surface area contributed by atoms with E-state index in [9.17, 15) is 22.4 Å². The molecule has 0 aliphatic carbocycles. The number of nitrogens with one attached hydrogen (secondary N) is 2. The average molecular weight is 680 g/mol. The van der Waals surface area contributed by atoms with Gasteiger partial charge in [-0.05, 0) is 44.0 Å². The summed E-state index contributed by atoms with van der Waals surface area (Å²) in [6.07, 6.45) is -4.15. The zero-order valence-electron chi connectivity index (χ0n) is 26.3. The summed E-state index contributed by atoms with van der Waals surface area (Å²) in [6.45, 7) is 2.23. The third kappa shape index (κ3) is 8.97. The molecule has 0 spiro atoms. The van der Waals surface area contributed by atoms with E-state index < -0.39 is 25.3 Å². The highest BCUT2D eigenvalue weighted by Gasteiger charge is 2.31.